The average molecular weight is 284 g/mol. The first kappa shape index (κ1) is 16.8. The van der Waals surface area contributed by atoms with Crippen molar-refractivity contribution in [1.29, 1.82) is 0 Å². The van der Waals surface area contributed by atoms with E-state index in [0.29, 0.717) is 13.0 Å². The van der Waals surface area contributed by atoms with Crippen LogP contribution in [0.5, 0.6) is 0 Å². The molecule has 0 aromatic rings. The van der Waals surface area contributed by atoms with Crippen LogP contribution in [0.1, 0.15) is 59.3 Å². The van der Waals surface area contributed by atoms with E-state index in [1.54, 1.807) is 0 Å². The van der Waals surface area contributed by atoms with E-state index in [1.165, 1.54) is 12.8 Å². The van der Waals surface area contributed by atoms with Crippen LogP contribution in [-0.4, -0.2) is 29.7 Å². The highest BCUT2D eigenvalue weighted by atomic mass is 16.4. The largest absolute Gasteiger partial charge is 0.481 e. The zero-order chi connectivity index (χ0) is 15.2. The zero-order valence-corrected chi connectivity index (χ0v) is 12.9. The molecule has 0 aromatic heterocycles. The highest BCUT2D eigenvalue weighted by molar-refractivity contribution is 5.74. The Balaban J connectivity index is 2.11. The van der Waals surface area contributed by atoms with Crippen LogP contribution in [0.25, 0.3) is 0 Å². The highest BCUT2D eigenvalue weighted by Gasteiger charge is 2.24. The van der Waals surface area contributed by atoms with Gasteiger partial charge in [-0.3, -0.25) is 4.79 Å². The second kappa shape index (κ2) is 7.50. The van der Waals surface area contributed by atoms with Crippen molar-refractivity contribution in [2.24, 2.45) is 11.3 Å². The van der Waals surface area contributed by atoms with E-state index in [0.717, 1.165) is 18.8 Å². The van der Waals surface area contributed by atoms with Crippen molar-refractivity contribution >= 4 is 12.0 Å². The van der Waals surface area contributed by atoms with Crippen molar-refractivity contribution in [2.45, 2.75) is 65.3 Å². The Morgan fingerprint density at radius 2 is 1.95 bits per heavy atom. The van der Waals surface area contributed by atoms with Crippen molar-refractivity contribution in [3.63, 3.8) is 0 Å². The number of carboxylic acids is 1. The minimum atomic E-state index is -0.766. The van der Waals surface area contributed by atoms with Crippen LogP contribution >= 0.6 is 0 Å². The van der Waals surface area contributed by atoms with Crippen LogP contribution in [-0.2, 0) is 4.79 Å². The molecule has 1 aliphatic rings. The summed E-state index contributed by atoms with van der Waals surface area (Å²) in [4.78, 5) is 22.3. The first-order chi connectivity index (χ1) is 9.28. The van der Waals surface area contributed by atoms with E-state index in [1.807, 2.05) is 20.8 Å². The number of aliphatic carboxylic acids is 1. The molecule has 2 amide bonds. The molecule has 0 spiro atoms. The number of carboxylic acid groups (broad SMARTS) is 1. The van der Waals surface area contributed by atoms with Gasteiger partial charge in [0, 0.05) is 19.0 Å². The van der Waals surface area contributed by atoms with Gasteiger partial charge in [0.15, 0.2) is 0 Å². The molecule has 3 N–H and O–H groups in total. The van der Waals surface area contributed by atoms with E-state index in [9.17, 15) is 9.59 Å². The van der Waals surface area contributed by atoms with Gasteiger partial charge < -0.3 is 15.7 Å². The smallest absolute Gasteiger partial charge is 0.314 e. The topological polar surface area (TPSA) is 78.4 Å². The first-order valence-corrected chi connectivity index (χ1v) is 7.55. The van der Waals surface area contributed by atoms with Gasteiger partial charge in [-0.05, 0) is 37.5 Å². The lowest BCUT2D eigenvalue weighted by Gasteiger charge is -2.24. The van der Waals surface area contributed by atoms with E-state index >= 15 is 0 Å². The minimum Gasteiger partial charge on any atom is -0.481 e. The summed E-state index contributed by atoms with van der Waals surface area (Å²) in [5.74, 6) is 0.0398. The number of urea groups is 1. The lowest BCUT2D eigenvalue weighted by molar-refractivity contribution is -0.137. The number of carbonyl (C=O) groups excluding carboxylic acids is 1. The molecule has 0 aliphatic heterocycles. The van der Waals surface area contributed by atoms with E-state index in [-0.39, 0.29) is 23.9 Å². The van der Waals surface area contributed by atoms with Gasteiger partial charge in [-0.1, -0.05) is 26.7 Å². The number of nitrogens with one attached hydrogen (secondary N) is 2. The summed E-state index contributed by atoms with van der Waals surface area (Å²) in [5.41, 5.74) is -0.0642. The molecule has 1 saturated carbocycles. The van der Waals surface area contributed by atoms with Crippen molar-refractivity contribution < 1.29 is 14.7 Å². The van der Waals surface area contributed by atoms with Gasteiger partial charge in [-0.15, -0.1) is 0 Å². The Hall–Kier alpha value is -1.26. The number of hydrogen-bond donors (Lipinski definition) is 3. The SMILES string of the molecule is CC(CC1CC1)NC(=O)NCCC(C)(C)CCC(=O)O. The summed E-state index contributed by atoms with van der Waals surface area (Å²) in [5, 5.41) is 14.5. The van der Waals surface area contributed by atoms with Crippen LogP contribution in [0.2, 0.25) is 0 Å². The number of carbonyl (C=O) groups is 2. The normalized spacial score (nSPS) is 16.6. The van der Waals surface area contributed by atoms with Crippen LogP contribution < -0.4 is 10.6 Å². The molecule has 5 nitrogen and oxygen atoms in total. The average Bonchev–Trinajstić information content (AvgIpc) is 3.10. The fourth-order valence-electron chi connectivity index (χ4n) is 2.27. The zero-order valence-electron chi connectivity index (χ0n) is 12.9. The Labute approximate surface area is 121 Å². The molecule has 1 fully saturated rings. The summed E-state index contributed by atoms with van der Waals surface area (Å²) in [6.07, 6.45) is 5.25. The standard InChI is InChI=1S/C15H28N2O3/c1-11(10-12-4-5-12)17-14(20)16-9-8-15(2,3)7-6-13(18)19/h11-12H,4-10H2,1-3H3,(H,18,19)(H2,16,17,20). The third kappa shape index (κ3) is 8.02. The molecular formula is C15H28N2O3. The molecule has 20 heavy (non-hydrogen) atoms. The van der Waals surface area contributed by atoms with Crippen LogP contribution in [0.4, 0.5) is 4.79 Å². The molecule has 1 unspecified atom stereocenters. The number of hydrogen-bond acceptors (Lipinski definition) is 2. The maximum atomic E-state index is 11.7. The first-order valence-electron chi connectivity index (χ1n) is 7.55. The van der Waals surface area contributed by atoms with E-state index in [2.05, 4.69) is 10.6 Å². The second-order valence-electron chi connectivity index (χ2n) is 6.79. The fraction of sp³-hybridized carbons (Fsp3) is 0.867. The molecule has 0 radical (unpaired) electrons. The van der Waals surface area contributed by atoms with E-state index < -0.39 is 5.97 Å². The molecule has 1 aliphatic carbocycles. The number of amides is 2. The third-order valence-corrected chi connectivity index (χ3v) is 3.86. The third-order valence-electron chi connectivity index (χ3n) is 3.86. The monoisotopic (exact) mass is 284 g/mol. The van der Waals surface area contributed by atoms with Crippen LogP contribution in [0.3, 0.4) is 0 Å². The van der Waals surface area contributed by atoms with Gasteiger partial charge in [-0.2, -0.15) is 0 Å². The summed E-state index contributed by atoms with van der Waals surface area (Å²) in [6.45, 7) is 6.68. The van der Waals surface area contributed by atoms with Gasteiger partial charge >= 0.3 is 12.0 Å². The quantitative estimate of drug-likeness (QED) is 0.609. The summed E-state index contributed by atoms with van der Waals surface area (Å²) >= 11 is 0. The van der Waals surface area contributed by atoms with Crippen LogP contribution in [0, 0.1) is 11.3 Å². The van der Waals surface area contributed by atoms with Gasteiger partial charge in [0.25, 0.3) is 0 Å². The molecule has 1 rings (SSSR count). The molecule has 0 bridgehead atoms. The molecule has 5 heteroatoms. The Bertz CT molecular complexity index is 338. The van der Waals surface area contributed by atoms with Gasteiger partial charge in [0.05, 0.1) is 0 Å². The lowest BCUT2D eigenvalue weighted by atomic mass is 9.84. The predicted molar refractivity (Wildman–Crippen MR) is 78.6 cm³/mol. The number of rotatable bonds is 9. The van der Waals surface area contributed by atoms with Gasteiger partial charge in [-0.25, -0.2) is 4.79 Å². The predicted octanol–water partition coefficient (Wildman–Crippen LogP) is 2.76. The summed E-state index contributed by atoms with van der Waals surface area (Å²) in [6, 6.07) is 0.106. The molecule has 1 atom stereocenters. The second-order valence-corrected chi connectivity index (χ2v) is 6.79. The molecule has 116 valence electrons. The minimum absolute atomic E-state index is 0.0642. The van der Waals surface area contributed by atoms with Gasteiger partial charge in [0.1, 0.15) is 0 Å². The molecule has 0 aromatic carbocycles. The Morgan fingerprint density at radius 1 is 1.30 bits per heavy atom. The van der Waals surface area contributed by atoms with Crippen LogP contribution in [0.15, 0.2) is 0 Å². The molecule has 0 saturated heterocycles. The molecular weight excluding hydrogens is 256 g/mol. The molecule has 0 heterocycles. The fourth-order valence-corrected chi connectivity index (χ4v) is 2.27. The Morgan fingerprint density at radius 3 is 2.50 bits per heavy atom. The summed E-state index contributed by atoms with van der Waals surface area (Å²) in [7, 11) is 0. The maximum absolute atomic E-state index is 11.7. The van der Waals surface area contributed by atoms with Crippen molar-refractivity contribution in [2.75, 3.05) is 6.54 Å². The maximum Gasteiger partial charge on any atom is 0.314 e. The van der Waals surface area contributed by atoms with E-state index in [4.69, 9.17) is 5.11 Å². The van der Waals surface area contributed by atoms with Gasteiger partial charge in [0.2, 0.25) is 0 Å². The van der Waals surface area contributed by atoms with Crippen molar-refractivity contribution in [3.05, 3.63) is 0 Å². The Kier molecular flexibility index (Phi) is 6.30. The lowest BCUT2D eigenvalue weighted by Crippen LogP contribution is -2.42. The van der Waals surface area contributed by atoms with Crippen molar-refractivity contribution in [1.82, 2.24) is 10.6 Å². The summed E-state index contributed by atoms with van der Waals surface area (Å²) < 4.78 is 0. The highest BCUT2D eigenvalue weighted by Crippen LogP contribution is 2.33. The van der Waals surface area contributed by atoms with Crippen molar-refractivity contribution in [3.8, 4) is 0 Å².